The van der Waals surface area contributed by atoms with Gasteiger partial charge in [-0.3, -0.25) is 0 Å². The van der Waals surface area contributed by atoms with Crippen LogP contribution in [0.4, 0.5) is 4.79 Å². The largest absolute Gasteiger partial charge is 0.503 e. The van der Waals surface area contributed by atoms with Crippen molar-refractivity contribution in [2.75, 3.05) is 0 Å². The summed E-state index contributed by atoms with van der Waals surface area (Å²) in [5.41, 5.74) is 0. The van der Waals surface area contributed by atoms with E-state index < -0.39 is 6.16 Å². The van der Waals surface area contributed by atoms with E-state index in [1.54, 1.807) is 0 Å². The maximum Gasteiger partial charge on any atom is 0.503 e. The predicted octanol–water partition coefficient (Wildman–Crippen LogP) is -2.61. The average molecular weight is 184 g/mol. The molecular weight excluding hydrogens is 175 g/mol. The minimum Gasteiger partial charge on any atom is -0.450 e. The summed E-state index contributed by atoms with van der Waals surface area (Å²) in [5.74, 6) is 0. The van der Waals surface area contributed by atoms with Crippen molar-refractivity contribution in [2.45, 2.75) is 0 Å². The normalized spacial score (nSPS) is 3.00. The monoisotopic (exact) mass is 184 g/mol. The minimum atomic E-state index is -1.83. The van der Waals surface area contributed by atoms with Gasteiger partial charge in [0.15, 0.2) is 17.4 Å². The molecule has 7 heteroatoms. The summed E-state index contributed by atoms with van der Waals surface area (Å²) in [4.78, 5) is 8.56. The first-order valence-corrected chi connectivity index (χ1v) is 0.651. The van der Waals surface area contributed by atoms with Crippen molar-refractivity contribution in [3.63, 3.8) is 0 Å². The molecule has 0 aromatic heterocycles. The molecule has 0 bridgehead atoms. The van der Waals surface area contributed by atoms with Gasteiger partial charge < -0.3 is 21.2 Å². The molecule has 0 aliphatic heterocycles. The first-order chi connectivity index (χ1) is 1.73. The van der Waals surface area contributed by atoms with Crippen LogP contribution in [0.1, 0.15) is 0 Å². The fraction of sp³-hybridized carbons (Fsp3) is 0. The van der Waals surface area contributed by atoms with E-state index in [4.69, 9.17) is 15.0 Å². The quantitative estimate of drug-likeness (QED) is 0.401. The van der Waals surface area contributed by atoms with Crippen LogP contribution in [0.15, 0.2) is 0 Å². The SMILES string of the molecule is O.O.O=C(O)O.[AlH3].[Fe]. The Morgan fingerprint density at radius 1 is 1.12 bits per heavy atom. The molecule has 54 valence electrons. The van der Waals surface area contributed by atoms with Gasteiger partial charge in [-0.1, -0.05) is 0 Å². The molecule has 0 aliphatic carbocycles. The van der Waals surface area contributed by atoms with E-state index in [1.807, 2.05) is 0 Å². The van der Waals surface area contributed by atoms with E-state index in [9.17, 15) is 0 Å². The zero-order chi connectivity index (χ0) is 3.58. The van der Waals surface area contributed by atoms with Gasteiger partial charge in [-0.25, -0.2) is 4.79 Å². The van der Waals surface area contributed by atoms with Crippen LogP contribution in [0.2, 0.25) is 0 Å². The number of carbonyl (C=O) groups is 1. The van der Waals surface area contributed by atoms with Crippen molar-refractivity contribution >= 4 is 23.5 Å². The molecule has 0 heterocycles. The molecular formula is CH9AlFeO5. The van der Waals surface area contributed by atoms with Crippen LogP contribution in [0.25, 0.3) is 0 Å². The molecule has 5 nitrogen and oxygen atoms in total. The van der Waals surface area contributed by atoms with Crippen LogP contribution in [0.5, 0.6) is 0 Å². The Balaban J connectivity index is -0.00000000750. The van der Waals surface area contributed by atoms with Gasteiger partial charge in [-0.2, -0.15) is 0 Å². The summed E-state index contributed by atoms with van der Waals surface area (Å²) < 4.78 is 0. The molecule has 0 spiro atoms. The van der Waals surface area contributed by atoms with Crippen LogP contribution in [-0.2, 0) is 17.1 Å². The average Bonchev–Trinajstić information content (AvgIpc) is 0.811. The third-order valence-electron chi connectivity index (χ3n) is 0. The van der Waals surface area contributed by atoms with Crippen LogP contribution >= 0.6 is 0 Å². The molecule has 0 saturated carbocycles. The van der Waals surface area contributed by atoms with Gasteiger partial charge in [0.1, 0.15) is 0 Å². The van der Waals surface area contributed by atoms with E-state index in [2.05, 4.69) is 0 Å². The molecule has 0 atom stereocenters. The molecule has 8 heavy (non-hydrogen) atoms. The molecule has 0 aromatic carbocycles. The molecule has 0 fully saturated rings. The van der Waals surface area contributed by atoms with Gasteiger partial charge in [0, 0.05) is 17.1 Å². The Kier molecular flexibility index (Phi) is 138. The first kappa shape index (κ1) is 41.1. The minimum absolute atomic E-state index is 0. The summed E-state index contributed by atoms with van der Waals surface area (Å²) in [7, 11) is 0. The summed E-state index contributed by atoms with van der Waals surface area (Å²) >= 11 is 0. The third-order valence-corrected chi connectivity index (χ3v) is 0. The Bertz CT molecular complexity index is 35.4. The predicted molar refractivity (Wildman–Crippen MR) is 27.8 cm³/mol. The molecule has 0 amide bonds. The standard InChI is InChI=1S/CH2O3.Al.Fe.2H2O.3H/c2-1(3)4;;;;;;;/h(H2,2,3,4);;;2*1H2;;;. The maximum absolute atomic E-state index is 8.56. The summed E-state index contributed by atoms with van der Waals surface area (Å²) in [5, 5.41) is 13.9. The second-order valence-corrected chi connectivity index (χ2v) is 0.283. The van der Waals surface area contributed by atoms with E-state index in [1.165, 1.54) is 0 Å². The van der Waals surface area contributed by atoms with E-state index in [0.717, 1.165) is 0 Å². The zero-order valence-corrected chi connectivity index (χ0v) is 4.26. The van der Waals surface area contributed by atoms with Gasteiger partial charge in [0.25, 0.3) is 0 Å². The van der Waals surface area contributed by atoms with Crippen LogP contribution in [0, 0.1) is 0 Å². The number of rotatable bonds is 0. The Morgan fingerprint density at radius 3 is 1.12 bits per heavy atom. The molecule has 0 aliphatic rings. The third kappa shape index (κ3) is 2930. The summed E-state index contributed by atoms with van der Waals surface area (Å²) in [6, 6.07) is 0. The van der Waals surface area contributed by atoms with E-state index in [0.29, 0.717) is 0 Å². The van der Waals surface area contributed by atoms with Crippen molar-refractivity contribution in [1.82, 2.24) is 0 Å². The fourth-order valence-corrected chi connectivity index (χ4v) is 0. The van der Waals surface area contributed by atoms with Crippen molar-refractivity contribution in [1.29, 1.82) is 0 Å². The molecule has 0 aromatic rings. The van der Waals surface area contributed by atoms with Crippen molar-refractivity contribution in [2.24, 2.45) is 0 Å². The number of hydrogen-bond donors (Lipinski definition) is 2. The van der Waals surface area contributed by atoms with Crippen molar-refractivity contribution in [3.8, 4) is 0 Å². The Morgan fingerprint density at radius 2 is 1.12 bits per heavy atom. The van der Waals surface area contributed by atoms with Gasteiger partial charge in [-0.15, -0.1) is 0 Å². The summed E-state index contributed by atoms with van der Waals surface area (Å²) in [6.07, 6.45) is -1.83. The molecule has 6 N–H and O–H groups in total. The molecule has 0 rings (SSSR count). The molecule has 0 saturated heterocycles. The van der Waals surface area contributed by atoms with E-state index in [-0.39, 0.29) is 45.4 Å². The second-order valence-electron chi connectivity index (χ2n) is 0.283. The smallest absolute Gasteiger partial charge is 0.450 e. The molecule has 0 unspecified atom stereocenters. The topological polar surface area (TPSA) is 121 Å². The van der Waals surface area contributed by atoms with Gasteiger partial charge in [-0.05, 0) is 0 Å². The Hall–Kier alpha value is 0.242. The fourth-order valence-electron chi connectivity index (χ4n) is 0. The van der Waals surface area contributed by atoms with Crippen molar-refractivity contribution in [3.05, 3.63) is 0 Å². The Labute approximate surface area is 66.9 Å². The molecule has 0 radical (unpaired) electrons. The number of carboxylic acid groups (broad SMARTS) is 2. The van der Waals surface area contributed by atoms with Gasteiger partial charge in [0.05, 0.1) is 0 Å². The first-order valence-electron chi connectivity index (χ1n) is 0.651. The second kappa shape index (κ2) is 26.8. The van der Waals surface area contributed by atoms with Crippen LogP contribution in [0.3, 0.4) is 0 Å². The number of hydrogen-bond acceptors (Lipinski definition) is 1. The zero-order valence-electron chi connectivity index (χ0n) is 3.16. The maximum atomic E-state index is 8.56. The van der Waals surface area contributed by atoms with Crippen LogP contribution in [-0.4, -0.2) is 44.7 Å². The van der Waals surface area contributed by atoms with E-state index >= 15 is 0 Å². The van der Waals surface area contributed by atoms with Crippen molar-refractivity contribution < 1.29 is 43.0 Å². The van der Waals surface area contributed by atoms with Gasteiger partial charge in [0.2, 0.25) is 0 Å². The van der Waals surface area contributed by atoms with Gasteiger partial charge >= 0.3 is 6.16 Å². The van der Waals surface area contributed by atoms with Crippen LogP contribution < -0.4 is 0 Å². The summed E-state index contributed by atoms with van der Waals surface area (Å²) in [6.45, 7) is 0.